The van der Waals surface area contributed by atoms with Gasteiger partial charge in [-0.1, -0.05) is 26.7 Å². The molecule has 0 aromatic heterocycles. The summed E-state index contributed by atoms with van der Waals surface area (Å²) in [5.74, 6) is 1.39. The lowest BCUT2D eigenvalue weighted by Gasteiger charge is -2.23. The Kier molecular flexibility index (Phi) is 5.88. The third kappa shape index (κ3) is 3.90. The topological polar surface area (TPSA) is 12.0 Å². The van der Waals surface area contributed by atoms with E-state index in [9.17, 15) is 0 Å². The van der Waals surface area contributed by atoms with E-state index in [0.717, 1.165) is 17.8 Å². The Labute approximate surface area is 87.1 Å². The maximum absolute atomic E-state index is 3.64. The van der Waals surface area contributed by atoms with E-state index in [1.165, 1.54) is 37.9 Å². The summed E-state index contributed by atoms with van der Waals surface area (Å²) in [7, 11) is 0. The largest absolute Gasteiger partial charge is 0.313 e. The van der Waals surface area contributed by atoms with Gasteiger partial charge in [0.15, 0.2) is 0 Å². The highest BCUT2D eigenvalue weighted by Crippen LogP contribution is 2.30. The second-order valence-electron chi connectivity index (χ2n) is 3.86. The molecule has 1 rings (SSSR count). The molecule has 0 amide bonds. The normalized spacial score (nSPS) is 24.9. The third-order valence-corrected chi connectivity index (χ3v) is 4.27. The SMILES string of the molecule is CCCCC(NCC)C1CCCS1. The maximum Gasteiger partial charge on any atom is 0.0201 e. The van der Waals surface area contributed by atoms with E-state index in [4.69, 9.17) is 0 Å². The van der Waals surface area contributed by atoms with Crippen molar-refractivity contribution in [1.29, 1.82) is 0 Å². The van der Waals surface area contributed by atoms with Crippen molar-refractivity contribution in [3.05, 3.63) is 0 Å². The van der Waals surface area contributed by atoms with Crippen LogP contribution in [0.2, 0.25) is 0 Å². The summed E-state index contributed by atoms with van der Waals surface area (Å²) in [6.45, 7) is 5.63. The molecule has 1 N–H and O–H groups in total. The maximum atomic E-state index is 3.64. The molecule has 2 heteroatoms. The Hall–Kier alpha value is 0.310. The molecule has 1 saturated heterocycles. The molecule has 0 aromatic carbocycles. The third-order valence-electron chi connectivity index (χ3n) is 2.75. The first-order chi connectivity index (χ1) is 6.38. The van der Waals surface area contributed by atoms with E-state index >= 15 is 0 Å². The van der Waals surface area contributed by atoms with Crippen LogP contribution in [0.4, 0.5) is 0 Å². The average molecular weight is 201 g/mol. The summed E-state index contributed by atoms with van der Waals surface area (Å²) in [5, 5.41) is 4.55. The van der Waals surface area contributed by atoms with Gasteiger partial charge in [-0.15, -0.1) is 0 Å². The van der Waals surface area contributed by atoms with E-state index in [0.29, 0.717) is 0 Å². The van der Waals surface area contributed by atoms with Crippen molar-refractivity contribution in [2.45, 2.75) is 57.2 Å². The summed E-state index contributed by atoms with van der Waals surface area (Å²) in [5.41, 5.74) is 0. The first-order valence-corrected chi connectivity index (χ1v) is 6.78. The summed E-state index contributed by atoms with van der Waals surface area (Å²) in [4.78, 5) is 0. The molecule has 2 atom stereocenters. The van der Waals surface area contributed by atoms with Crippen LogP contribution < -0.4 is 5.32 Å². The van der Waals surface area contributed by atoms with Crippen molar-refractivity contribution >= 4 is 11.8 Å². The molecule has 0 aromatic rings. The standard InChI is InChI=1S/C11H23NS/c1-3-5-7-10(12-4-2)11-8-6-9-13-11/h10-12H,3-9H2,1-2H3. The van der Waals surface area contributed by atoms with Crippen LogP contribution in [0.5, 0.6) is 0 Å². The van der Waals surface area contributed by atoms with Gasteiger partial charge >= 0.3 is 0 Å². The molecule has 1 fully saturated rings. The number of nitrogens with one attached hydrogen (secondary N) is 1. The van der Waals surface area contributed by atoms with Crippen molar-refractivity contribution in [1.82, 2.24) is 5.32 Å². The van der Waals surface area contributed by atoms with Gasteiger partial charge in [-0.05, 0) is 31.6 Å². The monoisotopic (exact) mass is 201 g/mol. The van der Waals surface area contributed by atoms with Gasteiger partial charge in [-0.2, -0.15) is 11.8 Å². The number of hydrogen-bond acceptors (Lipinski definition) is 2. The number of rotatable bonds is 6. The van der Waals surface area contributed by atoms with Crippen LogP contribution in [0.3, 0.4) is 0 Å². The molecule has 0 saturated carbocycles. The van der Waals surface area contributed by atoms with Gasteiger partial charge in [0.1, 0.15) is 0 Å². The fourth-order valence-corrected chi connectivity index (χ4v) is 3.46. The molecule has 1 aliphatic rings. The summed E-state index contributed by atoms with van der Waals surface area (Å²) < 4.78 is 0. The Morgan fingerprint density at radius 2 is 2.31 bits per heavy atom. The lowest BCUT2D eigenvalue weighted by molar-refractivity contribution is 0.454. The van der Waals surface area contributed by atoms with Crippen molar-refractivity contribution in [2.75, 3.05) is 12.3 Å². The molecule has 0 spiro atoms. The lowest BCUT2D eigenvalue weighted by atomic mass is 10.0. The van der Waals surface area contributed by atoms with Crippen molar-refractivity contribution < 1.29 is 0 Å². The zero-order chi connectivity index (χ0) is 9.52. The Balaban J connectivity index is 2.26. The van der Waals surface area contributed by atoms with E-state index in [1.807, 2.05) is 0 Å². The minimum atomic E-state index is 0.789. The molecular weight excluding hydrogens is 178 g/mol. The first kappa shape index (κ1) is 11.4. The number of unbranched alkanes of at least 4 members (excludes halogenated alkanes) is 1. The van der Waals surface area contributed by atoms with Gasteiger partial charge < -0.3 is 5.32 Å². The molecule has 1 nitrogen and oxygen atoms in total. The summed E-state index contributed by atoms with van der Waals surface area (Å²) >= 11 is 2.18. The molecule has 2 unspecified atom stereocenters. The molecule has 13 heavy (non-hydrogen) atoms. The number of thioether (sulfide) groups is 1. The molecule has 78 valence electrons. The predicted octanol–water partition coefficient (Wildman–Crippen LogP) is 3.05. The fraction of sp³-hybridized carbons (Fsp3) is 1.00. The minimum absolute atomic E-state index is 0.789. The smallest absolute Gasteiger partial charge is 0.0201 e. The van der Waals surface area contributed by atoms with Gasteiger partial charge in [-0.3, -0.25) is 0 Å². The highest BCUT2D eigenvalue weighted by atomic mass is 32.2. The fourth-order valence-electron chi connectivity index (χ4n) is 2.03. The molecule has 0 bridgehead atoms. The molecular formula is C11H23NS. The highest BCUT2D eigenvalue weighted by Gasteiger charge is 2.23. The van der Waals surface area contributed by atoms with E-state index in [2.05, 4.69) is 30.9 Å². The minimum Gasteiger partial charge on any atom is -0.313 e. The van der Waals surface area contributed by atoms with E-state index in [1.54, 1.807) is 0 Å². The Morgan fingerprint density at radius 3 is 2.85 bits per heavy atom. The van der Waals surface area contributed by atoms with E-state index in [-0.39, 0.29) is 0 Å². The van der Waals surface area contributed by atoms with Crippen molar-refractivity contribution in [2.24, 2.45) is 0 Å². The lowest BCUT2D eigenvalue weighted by Crippen LogP contribution is -2.36. The van der Waals surface area contributed by atoms with E-state index < -0.39 is 0 Å². The Morgan fingerprint density at radius 1 is 1.46 bits per heavy atom. The van der Waals surface area contributed by atoms with Gasteiger partial charge in [0.2, 0.25) is 0 Å². The average Bonchev–Trinajstić information content (AvgIpc) is 2.65. The van der Waals surface area contributed by atoms with Crippen molar-refractivity contribution in [3.63, 3.8) is 0 Å². The predicted molar refractivity (Wildman–Crippen MR) is 62.5 cm³/mol. The number of hydrogen-bond donors (Lipinski definition) is 1. The van der Waals surface area contributed by atoms with Crippen LogP contribution in [0.1, 0.15) is 46.0 Å². The van der Waals surface area contributed by atoms with Gasteiger partial charge in [-0.25, -0.2) is 0 Å². The van der Waals surface area contributed by atoms with Gasteiger partial charge in [0, 0.05) is 11.3 Å². The van der Waals surface area contributed by atoms with Crippen LogP contribution in [-0.2, 0) is 0 Å². The molecule has 1 aliphatic heterocycles. The first-order valence-electron chi connectivity index (χ1n) is 5.73. The zero-order valence-corrected chi connectivity index (χ0v) is 9.83. The summed E-state index contributed by atoms with van der Waals surface area (Å²) in [6, 6.07) is 0.789. The van der Waals surface area contributed by atoms with Crippen LogP contribution >= 0.6 is 11.8 Å². The summed E-state index contributed by atoms with van der Waals surface area (Å²) in [6.07, 6.45) is 6.96. The second kappa shape index (κ2) is 6.72. The quantitative estimate of drug-likeness (QED) is 0.709. The zero-order valence-electron chi connectivity index (χ0n) is 9.01. The second-order valence-corrected chi connectivity index (χ2v) is 5.20. The molecule has 1 heterocycles. The molecule has 0 aliphatic carbocycles. The van der Waals surface area contributed by atoms with Gasteiger partial charge in [0.25, 0.3) is 0 Å². The van der Waals surface area contributed by atoms with Crippen LogP contribution in [-0.4, -0.2) is 23.6 Å². The van der Waals surface area contributed by atoms with Gasteiger partial charge in [0.05, 0.1) is 0 Å². The molecule has 0 radical (unpaired) electrons. The highest BCUT2D eigenvalue weighted by molar-refractivity contribution is 8.00. The van der Waals surface area contributed by atoms with Crippen LogP contribution in [0.15, 0.2) is 0 Å². The Bertz CT molecular complexity index is 121. The van der Waals surface area contributed by atoms with Crippen molar-refractivity contribution in [3.8, 4) is 0 Å². The van der Waals surface area contributed by atoms with Crippen LogP contribution in [0.25, 0.3) is 0 Å². The van der Waals surface area contributed by atoms with Crippen LogP contribution in [0, 0.1) is 0 Å².